The molecular weight excluding hydrogens is 374 g/mol. The van der Waals surface area contributed by atoms with E-state index in [0.29, 0.717) is 0 Å². The van der Waals surface area contributed by atoms with Gasteiger partial charge in [-0.3, -0.25) is 20.9 Å². The van der Waals surface area contributed by atoms with Gasteiger partial charge in [0.2, 0.25) is 0 Å². The van der Waals surface area contributed by atoms with Gasteiger partial charge in [0.15, 0.2) is 0 Å². The summed E-state index contributed by atoms with van der Waals surface area (Å²) in [6, 6.07) is 1.99. The fourth-order valence-corrected chi connectivity index (χ4v) is 2.87. The number of nitrogens with zero attached hydrogens (tertiary/aromatic N) is 3. The van der Waals surface area contributed by atoms with Crippen molar-refractivity contribution in [3.63, 3.8) is 0 Å². The lowest BCUT2D eigenvalue weighted by Crippen LogP contribution is -2.30. The zero-order chi connectivity index (χ0) is 14.0. The highest BCUT2D eigenvalue weighted by Gasteiger charge is 2.17. The molecule has 0 saturated heterocycles. The molecular formula is C12H15Br2N5. The van der Waals surface area contributed by atoms with E-state index in [1.54, 1.807) is 6.20 Å². The predicted octanol–water partition coefficient (Wildman–Crippen LogP) is 2.40. The van der Waals surface area contributed by atoms with E-state index in [2.05, 4.69) is 47.4 Å². The van der Waals surface area contributed by atoms with Gasteiger partial charge in [-0.05, 0) is 50.4 Å². The monoisotopic (exact) mass is 387 g/mol. The van der Waals surface area contributed by atoms with E-state index in [-0.39, 0.29) is 6.04 Å². The molecule has 0 aliphatic heterocycles. The van der Waals surface area contributed by atoms with Crippen LogP contribution in [0.4, 0.5) is 0 Å². The quantitative estimate of drug-likeness (QED) is 0.623. The highest BCUT2D eigenvalue weighted by atomic mass is 79.9. The molecule has 19 heavy (non-hydrogen) atoms. The van der Waals surface area contributed by atoms with Gasteiger partial charge in [-0.2, -0.15) is 5.10 Å². The molecule has 0 spiro atoms. The highest BCUT2D eigenvalue weighted by molar-refractivity contribution is 9.10. The lowest BCUT2D eigenvalue weighted by Gasteiger charge is -2.16. The Balaban J connectivity index is 2.29. The van der Waals surface area contributed by atoms with Crippen molar-refractivity contribution in [3.05, 3.63) is 44.4 Å². The minimum absolute atomic E-state index is 0.0175. The number of nitrogens with one attached hydrogen (secondary N) is 1. The van der Waals surface area contributed by atoms with Gasteiger partial charge in [-0.25, -0.2) is 0 Å². The van der Waals surface area contributed by atoms with Crippen molar-refractivity contribution in [2.75, 3.05) is 0 Å². The minimum atomic E-state index is -0.0175. The van der Waals surface area contributed by atoms with Crippen LogP contribution in [0.3, 0.4) is 0 Å². The Bertz CT molecular complexity index is 581. The van der Waals surface area contributed by atoms with Crippen LogP contribution in [0, 0.1) is 6.92 Å². The molecule has 0 aliphatic rings. The number of aryl methyl sites for hydroxylation is 2. The van der Waals surface area contributed by atoms with E-state index in [1.807, 2.05) is 30.9 Å². The first-order chi connectivity index (χ1) is 9.02. The maximum Gasteiger partial charge on any atom is 0.0738 e. The molecule has 2 rings (SSSR count). The SMILES string of the molecule is Cc1nn(C)c(CC(NN)c2cncc(Br)c2)c1Br. The summed E-state index contributed by atoms with van der Waals surface area (Å²) in [5.74, 6) is 5.67. The van der Waals surface area contributed by atoms with Crippen LogP contribution in [0.15, 0.2) is 27.4 Å². The van der Waals surface area contributed by atoms with Crippen molar-refractivity contribution < 1.29 is 0 Å². The number of hydrazine groups is 1. The number of halogens is 2. The van der Waals surface area contributed by atoms with Crippen LogP contribution in [0.1, 0.15) is 23.0 Å². The Morgan fingerprint density at radius 1 is 1.42 bits per heavy atom. The van der Waals surface area contributed by atoms with Crippen molar-refractivity contribution in [2.45, 2.75) is 19.4 Å². The molecule has 2 aromatic rings. The third-order valence-electron chi connectivity index (χ3n) is 2.99. The first kappa shape index (κ1) is 14.6. The second-order valence-electron chi connectivity index (χ2n) is 4.33. The van der Waals surface area contributed by atoms with Crippen LogP contribution in [-0.2, 0) is 13.5 Å². The summed E-state index contributed by atoms with van der Waals surface area (Å²) in [5.41, 5.74) is 5.94. The summed E-state index contributed by atoms with van der Waals surface area (Å²) in [4.78, 5) is 4.17. The van der Waals surface area contributed by atoms with Crippen molar-refractivity contribution in [2.24, 2.45) is 12.9 Å². The minimum Gasteiger partial charge on any atom is -0.271 e. The maximum absolute atomic E-state index is 5.67. The van der Waals surface area contributed by atoms with Crippen LogP contribution in [0.5, 0.6) is 0 Å². The summed E-state index contributed by atoms with van der Waals surface area (Å²) in [5, 5.41) is 4.39. The smallest absolute Gasteiger partial charge is 0.0738 e. The zero-order valence-corrected chi connectivity index (χ0v) is 13.9. The third kappa shape index (κ3) is 3.22. The first-order valence-corrected chi connectivity index (χ1v) is 7.36. The van der Waals surface area contributed by atoms with Crippen LogP contribution in [0.25, 0.3) is 0 Å². The van der Waals surface area contributed by atoms with E-state index in [4.69, 9.17) is 5.84 Å². The van der Waals surface area contributed by atoms with Crippen LogP contribution in [0.2, 0.25) is 0 Å². The highest BCUT2D eigenvalue weighted by Crippen LogP contribution is 2.26. The average Bonchev–Trinajstić information content (AvgIpc) is 2.61. The molecule has 0 saturated carbocycles. The Hall–Kier alpha value is -0.760. The Labute approximate surface area is 128 Å². The van der Waals surface area contributed by atoms with Crippen molar-refractivity contribution in [3.8, 4) is 0 Å². The Morgan fingerprint density at radius 2 is 2.16 bits per heavy atom. The third-order valence-corrected chi connectivity index (χ3v) is 4.45. The maximum atomic E-state index is 5.67. The van der Waals surface area contributed by atoms with Gasteiger partial charge >= 0.3 is 0 Å². The van der Waals surface area contributed by atoms with Crippen molar-refractivity contribution in [1.29, 1.82) is 0 Å². The van der Waals surface area contributed by atoms with Gasteiger partial charge in [0, 0.05) is 30.3 Å². The lowest BCUT2D eigenvalue weighted by atomic mass is 10.0. The molecule has 0 fully saturated rings. The van der Waals surface area contributed by atoms with Gasteiger partial charge in [-0.15, -0.1) is 0 Å². The van der Waals surface area contributed by atoms with E-state index in [1.165, 1.54) is 0 Å². The number of pyridine rings is 1. The number of hydrogen-bond acceptors (Lipinski definition) is 4. The molecule has 0 aliphatic carbocycles. The van der Waals surface area contributed by atoms with Gasteiger partial charge in [0.05, 0.1) is 21.9 Å². The van der Waals surface area contributed by atoms with Gasteiger partial charge < -0.3 is 0 Å². The standard InChI is InChI=1S/C12H15Br2N5/c1-7-12(14)11(19(2)18-7)4-10(17-15)8-3-9(13)6-16-5-8/h3,5-6,10,17H,4,15H2,1-2H3. The fraction of sp³-hybridized carbons (Fsp3) is 0.333. The van der Waals surface area contributed by atoms with E-state index >= 15 is 0 Å². The Morgan fingerprint density at radius 3 is 2.68 bits per heavy atom. The van der Waals surface area contributed by atoms with E-state index in [9.17, 15) is 0 Å². The Kier molecular flexibility index (Phi) is 4.72. The summed E-state index contributed by atoms with van der Waals surface area (Å²) in [6.45, 7) is 1.97. The van der Waals surface area contributed by atoms with Crippen LogP contribution in [-0.4, -0.2) is 14.8 Å². The van der Waals surface area contributed by atoms with Crippen molar-refractivity contribution >= 4 is 31.9 Å². The predicted molar refractivity (Wildman–Crippen MR) is 81.4 cm³/mol. The molecule has 1 atom stereocenters. The molecule has 0 amide bonds. The average molecular weight is 389 g/mol. The summed E-state index contributed by atoms with van der Waals surface area (Å²) in [7, 11) is 1.93. The summed E-state index contributed by atoms with van der Waals surface area (Å²) in [6.07, 6.45) is 4.29. The van der Waals surface area contributed by atoms with Gasteiger partial charge in [0.1, 0.15) is 0 Å². The first-order valence-electron chi connectivity index (χ1n) is 5.77. The second-order valence-corrected chi connectivity index (χ2v) is 6.04. The topological polar surface area (TPSA) is 68.8 Å². The fourth-order valence-electron chi connectivity index (χ4n) is 1.99. The van der Waals surface area contributed by atoms with Gasteiger partial charge in [0.25, 0.3) is 0 Å². The number of aromatic nitrogens is 3. The molecule has 1 unspecified atom stereocenters. The second kappa shape index (κ2) is 6.13. The number of nitrogens with two attached hydrogens (primary N) is 1. The summed E-state index contributed by atoms with van der Waals surface area (Å²) >= 11 is 6.99. The van der Waals surface area contributed by atoms with Crippen LogP contribution >= 0.6 is 31.9 Å². The largest absolute Gasteiger partial charge is 0.271 e. The molecule has 0 bridgehead atoms. The van der Waals surface area contributed by atoms with Gasteiger partial charge in [-0.1, -0.05) is 0 Å². The normalized spacial score (nSPS) is 12.7. The molecule has 3 N–H and O–H groups in total. The number of hydrogen-bond donors (Lipinski definition) is 2. The van der Waals surface area contributed by atoms with E-state index < -0.39 is 0 Å². The number of rotatable bonds is 4. The van der Waals surface area contributed by atoms with Crippen molar-refractivity contribution in [1.82, 2.24) is 20.2 Å². The zero-order valence-electron chi connectivity index (χ0n) is 10.7. The van der Waals surface area contributed by atoms with Crippen LogP contribution < -0.4 is 11.3 Å². The van der Waals surface area contributed by atoms with E-state index in [0.717, 1.165) is 32.3 Å². The molecule has 0 radical (unpaired) electrons. The summed E-state index contributed by atoms with van der Waals surface area (Å²) < 4.78 is 3.83. The lowest BCUT2D eigenvalue weighted by molar-refractivity contribution is 0.527. The molecule has 102 valence electrons. The molecule has 5 nitrogen and oxygen atoms in total. The molecule has 7 heteroatoms. The molecule has 2 heterocycles. The molecule has 2 aromatic heterocycles. The molecule has 0 aromatic carbocycles.